The lowest BCUT2D eigenvalue weighted by Crippen LogP contribution is -1.85. The van der Waals surface area contributed by atoms with E-state index in [-0.39, 0.29) is 0 Å². The van der Waals surface area contributed by atoms with E-state index in [0.29, 0.717) is 15.3 Å². The largest absolute Gasteiger partial charge is 0.165 e. The van der Waals surface area contributed by atoms with E-state index < -0.39 is 0 Å². The molecule has 0 saturated carbocycles. The third kappa shape index (κ3) is 3.01. The first-order chi connectivity index (χ1) is 7.65. The van der Waals surface area contributed by atoms with Crippen LogP contribution in [0.1, 0.15) is 0 Å². The second-order valence-electron chi connectivity index (χ2n) is 2.88. The summed E-state index contributed by atoms with van der Waals surface area (Å²) >= 11 is 18.9. The van der Waals surface area contributed by atoms with Gasteiger partial charge in [0.25, 0.3) is 0 Å². The molecule has 0 radical (unpaired) electrons. The highest BCUT2D eigenvalue weighted by Crippen LogP contribution is 2.33. The van der Waals surface area contributed by atoms with E-state index in [9.17, 15) is 0 Å². The van der Waals surface area contributed by atoms with Crippen LogP contribution in [0.15, 0.2) is 40.1 Å². The van der Waals surface area contributed by atoms with E-state index in [1.807, 2.05) is 24.3 Å². The van der Waals surface area contributed by atoms with Crippen molar-refractivity contribution in [3.05, 3.63) is 45.7 Å². The number of hydrogen-bond donors (Lipinski definition) is 0. The molecule has 6 heteroatoms. The minimum Gasteiger partial charge on any atom is -0.137 e. The summed E-state index contributed by atoms with van der Waals surface area (Å²) in [5.74, 6) is 0. The molecule has 2 rings (SSSR count). The summed E-state index contributed by atoms with van der Waals surface area (Å²) in [5.41, 5.74) is 0. The second-order valence-corrected chi connectivity index (χ2v) is 5.18. The molecule has 0 N–H and O–H groups in total. The van der Waals surface area contributed by atoms with Crippen molar-refractivity contribution in [3.63, 3.8) is 0 Å². The summed E-state index contributed by atoms with van der Waals surface area (Å²) in [6.07, 6.45) is 0. The molecular formula is C10H5Cl3N2S. The van der Waals surface area contributed by atoms with E-state index in [0.717, 1.165) is 9.79 Å². The minimum atomic E-state index is 0.320. The van der Waals surface area contributed by atoms with Crippen molar-refractivity contribution in [2.45, 2.75) is 9.79 Å². The molecule has 0 atom stereocenters. The van der Waals surface area contributed by atoms with Crippen LogP contribution in [0.4, 0.5) is 0 Å². The summed E-state index contributed by atoms with van der Waals surface area (Å²) in [7, 11) is 0. The van der Waals surface area contributed by atoms with E-state index >= 15 is 0 Å². The van der Waals surface area contributed by atoms with E-state index in [1.165, 1.54) is 11.8 Å². The van der Waals surface area contributed by atoms with Crippen LogP contribution in [0.25, 0.3) is 0 Å². The Balaban J connectivity index is 2.26. The highest BCUT2D eigenvalue weighted by Gasteiger charge is 2.06. The van der Waals surface area contributed by atoms with Gasteiger partial charge in [0, 0.05) is 9.92 Å². The molecule has 0 bridgehead atoms. The van der Waals surface area contributed by atoms with E-state index in [2.05, 4.69) is 10.2 Å². The van der Waals surface area contributed by atoms with Crippen LogP contribution in [0, 0.1) is 0 Å². The van der Waals surface area contributed by atoms with Gasteiger partial charge in [0.1, 0.15) is 0 Å². The lowest BCUT2D eigenvalue weighted by molar-refractivity contribution is 0.998. The van der Waals surface area contributed by atoms with Gasteiger partial charge in [-0.2, -0.15) is 0 Å². The van der Waals surface area contributed by atoms with Gasteiger partial charge in [0.05, 0.1) is 4.90 Å². The molecule has 0 aliphatic heterocycles. The maximum Gasteiger partial charge on any atom is 0.165 e. The van der Waals surface area contributed by atoms with Crippen molar-refractivity contribution in [1.82, 2.24) is 10.2 Å². The van der Waals surface area contributed by atoms with Gasteiger partial charge in [-0.3, -0.25) is 0 Å². The van der Waals surface area contributed by atoms with Gasteiger partial charge in [-0.15, -0.1) is 10.2 Å². The first-order valence-corrected chi connectivity index (χ1v) is 6.22. The molecule has 1 aromatic heterocycles. The Labute approximate surface area is 112 Å². The summed E-state index contributed by atoms with van der Waals surface area (Å²) < 4.78 is 0. The van der Waals surface area contributed by atoms with Crippen molar-refractivity contribution < 1.29 is 0 Å². The normalized spacial score (nSPS) is 10.4. The van der Waals surface area contributed by atoms with E-state index in [4.69, 9.17) is 34.8 Å². The molecule has 0 fully saturated rings. The van der Waals surface area contributed by atoms with Crippen LogP contribution in [-0.4, -0.2) is 10.2 Å². The zero-order chi connectivity index (χ0) is 11.5. The molecule has 82 valence electrons. The minimum absolute atomic E-state index is 0.320. The average Bonchev–Trinajstić information content (AvgIpc) is 2.27. The van der Waals surface area contributed by atoms with Crippen molar-refractivity contribution in [3.8, 4) is 0 Å². The maximum absolute atomic E-state index is 5.90. The standard InChI is InChI=1S/C10H5Cl3N2S/c11-6-1-3-7(4-2-6)16-8-5-9(12)14-15-10(8)13/h1-5H. The topological polar surface area (TPSA) is 25.8 Å². The lowest BCUT2D eigenvalue weighted by atomic mass is 10.4. The molecule has 2 nitrogen and oxygen atoms in total. The SMILES string of the molecule is Clc1ccc(Sc2cc(Cl)nnc2Cl)cc1. The fraction of sp³-hybridized carbons (Fsp3) is 0. The Hall–Kier alpha value is -0.480. The van der Waals surface area contributed by atoms with Crippen LogP contribution >= 0.6 is 46.6 Å². The third-order valence-corrected chi connectivity index (χ3v) is 3.60. The fourth-order valence-electron chi connectivity index (χ4n) is 1.04. The van der Waals surface area contributed by atoms with Crippen molar-refractivity contribution in [2.75, 3.05) is 0 Å². The first kappa shape index (κ1) is 12.0. The van der Waals surface area contributed by atoms with Crippen molar-refractivity contribution in [2.24, 2.45) is 0 Å². The highest BCUT2D eigenvalue weighted by molar-refractivity contribution is 7.99. The molecule has 0 aliphatic rings. The molecule has 1 heterocycles. The van der Waals surface area contributed by atoms with Crippen LogP contribution < -0.4 is 0 Å². The Kier molecular flexibility index (Phi) is 3.92. The predicted octanol–water partition coefficient (Wildman–Crippen LogP) is 4.59. The van der Waals surface area contributed by atoms with Gasteiger partial charge in [0.2, 0.25) is 0 Å². The van der Waals surface area contributed by atoms with Crippen molar-refractivity contribution >= 4 is 46.6 Å². The molecule has 0 aliphatic carbocycles. The quantitative estimate of drug-likeness (QED) is 0.809. The highest BCUT2D eigenvalue weighted by atomic mass is 35.5. The Bertz CT molecular complexity index is 502. The molecule has 0 amide bonds. The first-order valence-electron chi connectivity index (χ1n) is 4.27. The molecule has 1 aromatic carbocycles. The van der Waals surface area contributed by atoms with Gasteiger partial charge < -0.3 is 0 Å². The summed E-state index contributed by atoms with van der Waals surface area (Å²) in [5, 5.41) is 8.73. The molecule has 0 spiro atoms. The van der Waals surface area contributed by atoms with Crippen LogP contribution in [0.2, 0.25) is 15.3 Å². The number of nitrogens with zero attached hydrogens (tertiary/aromatic N) is 2. The number of halogens is 3. The van der Waals surface area contributed by atoms with Gasteiger partial charge >= 0.3 is 0 Å². The second kappa shape index (κ2) is 5.23. The zero-order valence-corrected chi connectivity index (χ0v) is 10.9. The fourth-order valence-corrected chi connectivity index (χ4v) is 2.41. The van der Waals surface area contributed by atoms with Crippen LogP contribution in [0.5, 0.6) is 0 Å². The number of aromatic nitrogens is 2. The van der Waals surface area contributed by atoms with E-state index in [1.54, 1.807) is 6.07 Å². The van der Waals surface area contributed by atoms with Gasteiger partial charge in [-0.25, -0.2) is 0 Å². The van der Waals surface area contributed by atoms with Gasteiger partial charge in [-0.05, 0) is 30.3 Å². The number of benzene rings is 1. The molecule has 0 saturated heterocycles. The maximum atomic E-state index is 5.90. The summed E-state index contributed by atoms with van der Waals surface area (Å²) in [6.45, 7) is 0. The lowest BCUT2D eigenvalue weighted by Gasteiger charge is -2.03. The molecule has 0 unspecified atom stereocenters. The van der Waals surface area contributed by atoms with Crippen molar-refractivity contribution in [1.29, 1.82) is 0 Å². The predicted molar refractivity (Wildman–Crippen MR) is 67.6 cm³/mol. The molecule has 2 aromatic rings. The average molecular weight is 292 g/mol. The van der Waals surface area contributed by atoms with Crippen LogP contribution in [0.3, 0.4) is 0 Å². The number of hydrogen-bond acceptors (Lipinski definition) is 3. The van der Waals surface area contributed by atoms with Gasteiger partial charge in [-0.1, -0.05) is 46.6 Å². The Morgan fingerprint density at radius 1 is 0.938 bits per heavy atom. The zero-order valence-electron chi connectivity index (χ0n) is 7.82. The number of rotatable bonds is 2. The van der Waals surface area contributed by atoms with Crippen LogP contribution in [-0.2, 0) is 0 Å². The third-order valence-electron chi connectivity index (χ3n) is 1.73. The molecular weight excluding hydrogens is 287 g/mol. The Morgan fingerprint density at radius 3 is 2.31 bits per heavy atom. The monoisotopic (exact) mass is 290 g/mol. The smallest absolute Gasteiger partial charge is 0.137 e. The van der Waals surface area contributed by atoms with Gasteiger partial charge in [0.15, 0.2) is 10.3 Å². The Morgan fingerprint density at radius 2 is 1.62 bits per heavy atom. The summed E-state index contributed by atoms with van der Waals surface area (Å²) in [6, 6.07) is 9.10. The summed E-state index contributed by atoms with van der Waals surface area (Å²) in [4.78, 5) is 1.78. The molecule has 16 heavy (non-hydrogen) atoms.